The Hall–Kier alpha value is -3.51. The van der Waals surface area contributed by atoms with Crippen LogP contribution < -0.4 is 4.74 Å². The van der Waals surface area contributed by atoms with Gasteiger partial charge in [-0.3, -0.25) is 4.79 Å². The molecule has 5 rings (SSSR count). The van der Waals surface area contributed by atoms with Crippen molar-refractivity contribution in [3.05, 3.63) is 88.4 Å². The molecule has 1 N–H and O–H groups in total. The third kappa shape index (κ3) is 3.60. The summed E-state index contributed by atoms with van der Waals surface area (Å²) >= 11 is 6.21. The first-order valence-electron chi connectivity index (χ1n) is 10.3. The van der Waals surface area contributed by atoms with Gasteiger partial charge < -0.3 is 9.72 Å². The second-order valence-corrected chi connectivity index (χ2v) is 8.11. The van der Waals surface area contributed by atoms with Gasteiger partial charge in [-0.05, 0) is 48.7 Å². The number of H-pyrrole nitrogens is 1. The number of hydrogen-bond acceptors (Lipinski definition) is 2. The first kappa shape index (κ1) is 21.3. The Bertz CT molecular complexity index is 1550. The van der Waals surface area contributed by atoms with Gasteiger partial charge in [0.1, 0.15) is 5.75 Å². The molecule has 7 heteroatoms. The van der Waals surface area contributed by atoms with Crippen LogP contribution in [0.15, 0.2) is 66.7 Å². The average Bonchev–Trinajstić information content (AvgIpc) is 3.15. The van der Waals surface area contributed by atoms with E-state index in [1.54, 1.807) is 24.3 Å². The molecule has 0 atom stereocenters. The topological polar surface area (TPSA) is 42.1 Å². The number of ketones is 1. The van der Waals surface area contributed by atoms with Crippen LogP contribution in [0.1, 0.15) is 28.4 Å². The van der Waals surface area contributed by atoms with E-state index in [2.05, 4.69) is 4.98 Å². The molecule has 0 unspecified atom stereocenters. The normalized spacial score (nSPS) is 12.0. The molecular formula is C26H17ClF3NO2. The van der Waals surface area contributed by atoms with Crippen LogP contribution >= 0.6 is 11.6 Å². The summed E-state index contributed by atoms with van der Waals surface area (Å²) in [6.07, 6.45) is -4.65. The van der Waals surface area contributed by atoms with Gasteiger partial charge in [-0.2, -0.15) is 13.2 Å². The maximum atomic E-state index is 13.6. The number of rotatable bonds is 4. The SMILES string of the molecule is CCOc1ccc2c(c1)[nH]c1c3ccc(Cl)cc3c(C(=O)c3ccccc3C(F)(F)F)cc21. The number of fused-ring (bicyclic) bond motifs is 5. The van der Waals surface area contributed by atoms with E-state index < -0.39 is 23.1 Å². The lowest BCUT2D eigenvalue weighted by atomic mass is 9.92. The summed E-state index contributed by atoms with van der Waals surface area (Å²) in [4.78, 5) is 16.9. The first-order valence-corrected chi connectivity index (χ1v) is 10.7. The number of alkyl halides is 3. The van der Waals surface area contributed by atoms with Gasteiger partial charge in [-0.1, -0.05) is 35.9 Å². The van der Waals surface area contributed by atoms with Crippen LogP contribution in [0.4, 0.5) is 13.2 Å². The summed E-state index contributed by atoms with van der Waals surface area (Å²) in [6, 6.07) is 17.1. The van der Waals surface area contributed by atoms with Crippen molar-refractivity contribution < 1.29 is 22.7 Å². The average molecular weight is 468 g/mol. The van der Waals surface area contributed by atoms with Gasteiger partial charge in [-0.15, -0.1) is 0 Å². The molecule has 166 valence electrons. The van der Waals surface area contributed by atoms with Crippen LogP contribution in [-0.4, -0.2) is 17.4 Å². The Labute approximate surface area is 191 Å². The zero-order chi connectivity index (χ0) is 23.3. The highest BCUT2D eigenvalue weighted by Crippen LogP contribution is 2.38. The standard InChI is InChI=1S/C26H17ClF3NO2/c1-2-33-15-8-10-16-20-13-21(25(32)18-5-3-4-6-22(18)26(28,29)30)19-11-14(27)7-9-17(19)24(20)31-23(16)12-15/h3-13,31H,2H2,1H3. The first-order chi connectivity index (χ1) is 15.8. The van der Waals surface area contributed by atoms with Crippen molar-refractivity contribution in [2.75, 3.05) is 6.61 Å². The Morgan fingerprint density at radius 2 is 1.67 bits per heavy atom. The van der Waals surface area contributed by atoms with Crippen molar-refractivity contribution in [1.82, 2.24) is 4.98 Å². The van der Waals surface area contributed by atoms with Crippen molar-refractivity contribution in [3.63, 3.8) is 0 Å². The number of ether oxygens (including phenoxy) is 1. The van der Waals surface area contributed by atoms with Crippen LogP contribution in [0, 0.1) is 0 Å². The minimum Gasteiger partial charge on any atom is -0.494 e. The molecule has 0 amide bonds. The van der Waals surface area contributed by atoms with Gasteiger partial charge in [0.15, 0.2) is 5.78 Å². The fraction of sp³-hybridized carbons (Fsp3) is 0.115. The summed E-state index contributed by atoms with van der Waals surface area (Å²) in [5.74, 6) is -0.0170. The number of nitrogens with one attached hydrogen (secondary N) is 1. The molecule has 1 aromatic heterocycles. The molecule has 0 spiro atoms. The molecule has 0 fully saturated rings. The monoisotopic (exact) mass is 467 g/mol. The van der Waals surface area contributed by atoms with Gasteiger partial charge in [-0.25, -0.2) is 0 Å². The molecule has 0 saturated heterocycles. The second kappa shape index (κ2) is 7.81. The van der Waals surface area contributed by atoms with E-state index in [-0.39, 0.29) is 5.56 Å². The molecule has 1 heterocycles. The summed E-state index contributed by atoms with van der Waals surface area (Å²) in [6.45, 7) is 2.41. The number of carbonyl (C=O) groups excluding carboxylic acids is 1. The summed E-state index contributed by atoms with van der Waals surface area (Å²) in [5, 5.41) is 3.13. The Balaban J connectivity index is 1.82. The molecule has 0 saturated carbocycles. The Kier molecular flexibility index (Phi) is 5.05. The lowest BCUT2D eigenvalue weighted by Crippen LogP contribution is -2.14. The summed E-state index contributed by atoms with van der Waals surface area (Å²) < 4.78 is 46.5. The molecule has 4 aromatic carbocycles. The smallest absolute Gasteiger partial charge is 0.417 e. The fourth-order valence-corrected chi connectivity index (χ4v) is 4.43. The van der Waals surface area contributed by atoms with E-state index in [0.717, 1.165) is 27.9 Å². The largest absolute Gasteiger partial charge is 0.494 e. The van der Waals surface area contributed by atoms with Crippen molar-refractivity contribution in [1.29, 1.82) is 0 Å². The molecule has 0 aliphatic carbocycles. The van der Waals surface area contributed by atoms with Crippen LogP contribution in [0.5, 0.6) is 5.75 Å². The van der Waals surface area contributed by atoms with E-state index in [9.17, 15) is 18.0 Å². The number of hydrogen-bond donors (Lipinski definition) is 1. The molecule has 33 heavy (non-hydrogen) atoms. The van der Waals surface area contributed by atoms with E-state index in [0.29, 0.717) is 28.2 Å². The number of aromatic nitrogens is 1. The van der Waals surface area contributed by atoms with Crippen molar-refractivity contribution in [2.45, 2.75) is 13.1 Å². The summed E-state index contributed by atoms with van der Waals surface area (Å²) in [5.41, 5.74) is 0.361. The lowest BCUT2D eigenvalue weighted by molar-refractivity contribution is -0.137. The zero-order valence-corrected chi connectivity index (χ0v) is 18.1. The maximum Gasteiger partial charge on any atom is 0.417 e. The highest BCUT2D eigenvalue weighted by molar-refractivity contribution is 6.33. The van der Waals surface area contributed by atoms with Crippen LogP contribution in [0.25, 0.3) is 32.6 Å². The van der Waals surface area contributed by atoms with E-state index >= 15 is 0 Å². The minimum absolute atomic E-state index is 0.159. The van der Waals surface area contributed by atoms with E-state index in [1.807, 2.05) is 25.1 Å². The van der Waals surface area contributed by atoms with Crippen LogP contribution in [-0.2, 0) is 6.18 Å². The van der Waals surface area contributed by atoms with Gasteiger partial charge in [0.05, 0.1) is 23.2 Å². The fourth-order valence-electron chi connectivity index (χ4n) is 4.26. The molecule has 0 bridgehead atoms. The molecule has 0 aliphatic heterocycles. The maximum absolute atomic E-state index is 13.6. The third-order valence-corrected chi connectivity index (χ3v) is 5.91. The van der Waals surface area contributed by atoms with E-state index in [4.69, 9.17) is 16.3 Å². The summed E-state index contributed by atoms with van der Waals surface area (Å²) in [7, 11) is 0. The van der Waals surface area contributed by atoms with Gasteiger partial charge in [0.2, 0.25) is 0 Å². The van der Waals surface area contributed by atoms with Gasteiger partial charge in [0, 0.05) is 38.4 Å². The highest BCUT2D eigenvalue weighted by Gasteiger charge is 2.35. The van der Waals surface area contributed by atoms with Crippen molar-refractivity contribution >= 4 is 50.0 Å². The lowest BCUT2D eigenvalue weighted by Gasteiger charge is -2.13. The Morgan fingerprint density at radius 1 is 0.909 bits per heavy atom. The van der Waals surface area contributed by atoms with E-state index in [1.165, 1.54) is 18.2 Å². The molecule has 0 aliphatic rings. The quantitative estimate of drug-likeness (QED) is 0.274. The molecule has 0 radical (unpaired) electrons. The van der Waals surface area contributed by atoms with Gasteiger partial charge in [0.25, 0.3) is 0 Å². The third-order valence-electron chi connectivity index (χ3n) is 5.67. The van der Waals surface area contributed by atoms with Crippen LogP contribution in [0.3, 0.4) is 0 Å². The number of carbonyl (C=O) groups is 1. The highest BCUT2D eigenvalue weighted by atomic mass is 35.5. The number of aromatic amines is 1. The van der Waals surface area contributed by atoms with Crippen LogP contribution in [0.2, 0.25) is 5.02 Å². The molecule has 5 aromatic rings. The molecular weight excluding hydrogens is 451 g/mol. The predicted molar refractivity (Wildman–Crippen MR) is 124 cm³/mol. The minimum atomic E-state index is -4.65. The number of halogens is 4. The number of benzene rings is 4. The second-order valence-electron chi connectivity index (χ2n) is 7.67. The van der Waals surface area contributed by atoms with Gasteiger partial charge >= 0.3 is 6.18 Å². The van der Waals surface area contributed by atoms with Crippen molar-refractivity contribution in [2.24, 2.45) is 0 Å². The molecule has 3 nitrogen and oxygen atoms in total. The predicted octanol–water partition coefficient (Wildman–Crippen LogP) is 7.78. The van der Waals surface area contributed by atoms with Crippen molar-refractivity contribution in [3.8, 4) is 5.75 Å². The zero-order valence-electron chi connectivity index (χ0n) is 17.4. The Morgan fingerprint density at radius 3 is 2.42 bits per heavy atom.